The molecule has 0 aliphatic carbocycles. The van der Waals surface area contributed by atoms with Crippen LogP contribution in [0.4, 0.5) is 0 Å². The van der Waals surface area contributed by atoms with Crippen LogP contribution in [0.15, 0.2) is 10.2 Å². The number of carbonyl (C=O) groups is 2. The lowest BCUT2D eigenvalue weighted by Crippen LogP contribution is -2.47. The molecule has 0 spiro atoms. The second kappa shape index (κ2) is 7.21. The van der Waals surface area contributed by atoms with Crippen LogP contribution in [0.3, 0.4) is 0 Å². The van der Waals surface area contributed by atoms with E-state index in [0.717, 1.165) is 25.1 Å². The van der Waals surface area contributed by atoms with Crippen LogP contribution in [0.25, 0.3) is 0 Å². The first-order chi connectivity index (χ1) is 10.8. The van der Waals surface area contributed by atoms with Gasteiger partial charge in [-0.15, -0.1) is 0 Å². The number of ether oxygens (including phenoxy) is 3. The van der Waals surface area contributed by atoms with Gasteiger partial charge < -0.3 is 19.1 Å². The minimum Gasteiger partial charge on any atom is -0.469 e. The molecule has 2 aliphatic rings. The lowest BCUT2D eigenvalue weighted by atomic mass is 9.95. The SMILES string of the molecule is COC(=O)CC[C@@H]1OC(=O)C(Br)=C1N1CCC[C@H]1C(C)(C)OC. The van der Waals surface area contributed by atoms with Gasteiger partial charge in [0.1, 0.15) is 10.6 Å². The molecular weight excluding hydrogens is 366 g/mol. The highest BCUT2D eigenvalue weighted by Gasteiger charge is 2.44. The maximum Gasteiger partial charge on any atom is 0.347 e. The molecule has 0 N–H and O–H groups in total. The maximum absolute atomic E-state index is 12.0. The number of methoxy groups -OCH3 is 2. The first kappa shape index (κ1) is 18.3. The van der Waals surface area contributed by atoms with Gasteiger partial charge in [-0.3, -0.25) is 4.79 Å². The summed E-state index contributed by atoms with van der Waals surface area (Å²) in [6, 6.07) is 0.158. The van der Waals surface area contributed by atoms with E-state index in [0.29, 0.717) is 10.9 Å². The third-order valence-corrected chi connectivity index (χ3v) is 5.42. The van der Waals surface area contributed by atoms with E-state index in [4.69, 9.17) is 9.47 Å². The zero-order valence-electron chi connectivity index (χ0n) is 14.1. The van der Waals surface area contributed by atoms with Gasteiger partial charge in [-0.05, 0) is 42.6 Å². The second-order valence-corrected chi connectivity index (χ2v) is 7.16. The predicted octanol–water partition coefficient (Wildman–Crippen LogP) is 2.36. The lowest BCUT2D eigenvalue weighted by molar-refractivity contribution is -0.144. The molecule has 6 nitrogen and oxygen atoms in total. The molecule has 7 heteroatoms. The average molecular weight is 390 g/mol. The molecule has 0 aromatic heterocycles. The Morgan fingerprint density at radius 1 is 1.43 bits per heavy atom. The quantitative estimate of drug-likeness (QED) is 0.649. The van der Waals surface area contributed by atoms with E-state index in [9.17, 15) is 9.59 Å². The fraction of sp³-hybridized carbons (Fsp3) is 0.750. The summed E-state index contributed by atoms with van der Waals surface area (Å²) in [6.07, 6.45) is 2.22. The molecule has 2 rings (SSSR count). The summed E-state index contributed by atoms with van der Waals surface area (Å²) in [6.45, 7) is 4.93. The van der Waals surface area contributed by atoms with Gasteiger partial charge in [0, 0.05) is 26.5 Å². The Labute approximate surface area is 145 Å². The van der Waals surface area contributed by atoms with Gasteiger partial charge >= 0.3 is 11.9 Å². The number of hydrogen-bond acceptors (Lipinski definition) is 6. The van der Waals surface area contributed by atoms with Crippen LogP contribution in [0.1, 0.15) is 39.5 Å². The summed E-state index contributed by atoms with van der Waals surface area (Å²) in [5, 5.41) is 0. The van der Waals surface area contributed by atoms with E-state index in [1.807, 2.05) is 13.8 Å². The number of rotatable bonds is 6. The van der Waals surface area contributed by atoms with Crippen molar-refractivity contribution in [1.29, 1.82) is 0 Å². The standard InChI is InChI=1S/C16H24BrNO5/c1-16(2,22-4)11-6-5-9-18(11)14-10(7-8-12(19)21-3)23-15(20)13(14)17/h10-11H,5-9H2,1-4H3/t10-,11-/m0/s1. The first-order valence-electron chi connectivity index (χ1n) is 7.81. The normalized spacial score (nSPS) is 25.1. The van der Waals surface area contributed by atoms with Crippen molar-refractivity contribution in [3.63, 3.8) is 0 Å². The van der Waals surface area contributed by atoms with E-state index in [2.05, 4.69) is 25.6 Å². The van der Waals surface area contributed by atoms with E-state index in [1.54, 1.807) is 7.11 Å². The molecule has 0 unspecified atom stereocenters. The molecule has 2 aliphatic heterocycles. The van der Waals surface area contributed by atoms with Crippen molar-refractivity contribution < 1.29 is 23.8 Å². The van der Waals surface area contributed by atoms with Crippen LogP contribution in [0.5, 0.6) is 0 Å². The summed E-state index contributed by atoms with van der Waals surface area (Å²) >= 11 is 3.37. The highest BCUT2D eigenvalue weighted by Crippen LogP contribution is 2.39. The third kappa shape index (κ3) is 3.71. The molecule has 0 radical (unpaired) electrons. The summed E-state index contributed by atoms with van der Waals surface area (Å²) in [5.41, 5.74) is 0.488. The van der Waals surface area contributed by atoms with Crippen molar-refractivity contribution in [3.05, 3.63) is 10.2 Å². The summed E-state index contributed by atoms with van der Waals surface area (Å²) in [5.74, 6) is -0.686. The van der Waals surface area contributed by atoms with Gasteiger partial charge in [0.2, 0.25) is 0 Å². The Hall–Kier alpha value is -1.08. The molecule has 1 saturated heterocycles. The van der Waals surface area contributed by atoms with Gasteiger partial charge in [-0.1, -0.05) is 0 Å². The summed E-state index contributed by atoms with van der Waals surface area (Å²) in [4.78, 5) is 25.6. The monoisotopic (exact) mass is 389 g/mol. The highest BCUT2D eigenvalue weighted by molar-refractivity contribution is 9.12. The molecule has 2 atom stereocenters. The van der Waals surface area contributed by atoms with E-state index < -0.39 is 6.10 Å². The number of halogens is 1. The number of likely N-dealkylation sites (tertiary alicyclic amines) is 1. The second-order valence-electron chi connectivity index (χ2n) is 6.37. The van der Waals surface area contributed by atoms with Gasteiger partial charge in [0.25, 0.3) is 0 Å². The molecule has 0 bridgehead atoms. The Bertz CT molecular complexity index is 517. The fourth-order valence-electron chi connectivity index (χ4n) is 3.25. The number of cyclic esters (lactones) is 1. The van der Waals surface area contributed by atoms with Crippen molar-refractivity contribution in [2.45, 2.75) is 57.3 Å². The lowest BCUT2D eigenvalue weighted by Gasteiger charge is -2.39. The topological polar surface area (TPSA) is 65.1 Å². The van der Waals surface area contributed by atoms with Gasteiger partial charge in [-0.25, -0.2) is 4.79 Å². The molecule has 2 heterocycles. The first-order valence-corrected chi connectivity index (χ1v) is 8.60. The molecule has 130 valence electrons. The van der Waals surface area contributed by atoms with Crippen LogP contribution >= 0.6 is 15.9 Å². The van der Waals surface area contributed by atoms with Crippen LogP contribution < -0.4 is 0 Å². The van der Waals surface area contributed by atoms with Crippen molar-refractivity contribution >= 4 is 27.9 Å². The average Bonchev–Trinajstić information content (AvgIpc) is 3.11. The fourth-order valence-corrected chi connectivity index (χ4v) is 3.83. The van der Waals surface area contributed by atoms with E-state index >= 15 is 0 Å². The van der Waals surface area contributed by atoms with Crippen molar-refractivity contribution in [2.75, 3.05) is 20.8 Å². The Morgan fingerprint density at radius 3 is 2.74 bits per heavy atom. The van der Waals surface area contributed by atoms with Gasteiger partial charge in [0.15, 0.2) is 0 Å². The van der Waals surface area contributed by atoms with Crippen LogP contribution in [0.2, 0.25) is 0 Å². The molecule has 0 aromatic rings. The summed E-state index contributed by atoms with van der Waals surface area (Å²) in [7, 11) is 3.05. The van der Waals surface area contributed by atoms with Crippen LogP contribution in [-0.4, -0.2) is 55.3 Å². The van der Waals surface area contributed by atoms with Crippen molar-refractivity contribution in [1.82, 2.24) is 4.90 Å². The van der Waals surface area contributed by atoms with E-state index in [1.165, 1.54) is 7.11 Å². The number of esters is 2. The predicted molar refractivity (Wildman–Crippen MR) is 87.9 cm³/mol. The van der Waals surface area contributed by atoms with Gasteiger partial charge in [-0.2, -0.15) is 0 Å². The van der Waals surface area contributed by atoms with Crippen LogP contribution in [-0.2, 0) is 23.8 Å². The maximum atomic E-state index is 12.0. The zero-order chi connectivity index (χ0) is 17.2. The third-order valence-electron chi connectivity index (χ3n) is 4.69. The number of nitrogens with zero attached hydrogens (tertiary/aromatic N) is 1. The van der Waals surface area contributed by atoms with E-state index in [-0.39, 0.29) is 30.0 Å². The molecular formula is C16H24BrNO5. The van der Waals surface area contributed by atoms with Crippen LogP contribution in [0, 0.1) is 0 Å². The molecule has 23 heavy (non-hydrogen) atoms. The Balaban J connectivity index is 2.22. The molecule has 0 amide bonds. The van der Waals surface area contributed by atoms with Crippen molar-refractivity contribution in [2.24, 2.45) is 0 Å². The molecule has 1 fully saturated rings. The minimum absolute atomic E-state index is 0.158. The zero-order valence-corrected chi connectivity index (χ0v) is 15.6. The summed E-state index contributed by atoms with van der Waals surface area (Å²) < 4.78 is 16.2. The number of hydrogen-bond donors (Lipinski definition) is 0. The smallest absolute Gasteiger partial charge is 0.347 e. The molecule has 0 aromatic carbocycles. The minimum atomic E-state index is -0.427. The highest BCUT2D eigenvalue weighted by atomic mass is 79.9. The largest absolute Gasteiger partial charge is 0.469 e. The van der Waals surface area contributed by atoms with Gasteiger partial charge in [0.05, 0.1) is 24.4 Å². The number of carbonyl (C=O) groups excluding carboxylic acids is 2. The Kier molecular flexibility index (Phi) is 5.73. The van der Waals surface area contributed by atoms with Crippen molar-refractivity contribution in [3.8, 4) is 0 Å². The molecule has 0 saturated carbocycles. The Morgan fingerprint density at radius 2 is 2.13 bits per heavy atom.